The minimum Gasteiger partial charge on any atom is -0.489 e. The number of rotatable bonds is 4. The number of aromatic amines is 1. The molecule has 1 fully saturated rings. The molecule has 6 nitrogen and oxygen atoms in total. The molecule has 1 aromatic heterocycles. The predicted molar refractivity (Wildman–Crippen MR) is 95.4 cm³/mol. The number of sulfone groups is 1. The minimum atomic E-state index is -3.25. The van der Waals surface area contributed by atoms with Crippen LogP contribution in [0.1, 0.15) is 23.6 Å². The Morgan fingerprint density at radius 2 is 2.20 bits per heavy atom. The Labute approximate surface area is 147 Å². The van der Waals surface area contributed by atoms with Crippen molar-refractivity contribution in [1.82, 2.24) is 15.1 Å². The lowest BCUT2D eigenvalue weighted by atomic mass is 10.1. The number of hydrogen-bond donors (Lipinski definition) is 1. The summed E-state index contributed by atoms with van der Waals surface area (Å²) in [6.45, 7) is 3.21. The fraction of sp³-hybridized carbons (Fsp3) is 0.389. The summed E-state index contributed by atoms with van der Waals surface area (Å²) in [6.07, 6.45) is 5.77. The van der Waals surface area contributed by atoms with Gasteiger partial charge in [0.2, 0.25) is 0 Å². The number of nitrogens with one attached hydrogen (secondary N) is 1. The van der Waals surface area contributed by atoms with Gasteiger partial charge < -0.3 is 4.74 Å². The van der Waals surface area contributed by atoms with Crippen LogP contribution >= 0.6 is 0 Å². The summed E-state index contributed by atoms with van der Waals surface area (Å²) in [6, 6.07) is 8.04. The fourth-order valence-electron chi connectivity index (χ4n) is 3.63. The van der Waals surface area contributed by atoms with Gasteiger partial charge in [-0.15, -0.1) is 0 Å². The summed E-state index contributed by atoms with van der Waals surface area (Å²) in [5.41, 5.74) is 3.10. The zero-order valence-electron chi connectivity index (χ0n) is 14.1. The van der Waals surface area contributed by atoms with Gasteiger partial charge in [-0.25, -0.2) is 8.42 Å². The molecule has 1 N–H and O–H groups in total. The van der Waals surface area contributed by atoms with E-state index < -0.39 is 9.84 Å². The molecule has 0 bridgehead atoms. The molecule has 1 aromatic carbocycles. The van der Waals surface area contributed by atoms with Crippen molar-refractivity contribution >= 4 is 15.9 Å². The average molecular weight is 359 g/mol. The largest absolute Gasteiger partial charge is 0.489 e. The van der Waals surface area contributed by atoms with Gasteiger partial charge in [-0.05, 0) is 30.7 Å². The van der Waals surface area contributed by atoms with Crippen LogP contribution < -0.4 is 4.74 Å². The maximum atomic E-state index is 11.9. The molecule has 3 heterocycles. The van der Waals surface area contributed by atoms with Crippen LogP contribution in [0.5, 0.6) is 5.75 Å². The van der Waals surface area contributed by atoms with Gasteiger partial charge in [0.1, 0.15) is 17.3 Å². The first-order valence-corrected chi connectivity index (χ1v) is 10.3. The lowest BCUT2D eigenvalue weighted by molar-refractivity contribution is 0.308. The molecule has 2 aliphatic heterocycles. The molecule has 2 aliphatic rings. The number of aromatic nitrogens is 2. The average Bonchev–Trinajstić information content (AvgIpc) is 3.23. The van der Waals surface area contributed by atoms with Crippen molar-refractivity contribution in [2.45, 2.75) is 17.2 Å². The Bertz CT molecular complexity index is 917. The topological polar surface area (TPSA) is 75.3 Å². The van der Waals surface area contributed by atoms with Gasteiger partial charge >= 0.3 is 0 Å². The zero-order chi connectivity index (χ0) is 17.4. The second kappa shape index (κ2) is 6.31. The van der Waals surface area contributed by atoms with Crippen molar-refractivity contribution in [3.05, 3.63) is 47.3 Å². The molecular formula is C18H21N3O3S. The second-order valence-corrected chi connectivity index (χ2v) is 8.75. The number of para-hydroxylation sites is 1. The fourth-order valence-corrected chi connectivity index (χ4v) is 4.48. The molecule has 0 spiro atoms. The number of H-pyrrole nitrogens is 1. The van der Waals surface area contributed by atoms with Gasteiger partial charge in [-0.1, -0.05) is 18.2 Å². The van der Waals surface area contributed by atoms with Crippen LogP contribution in [0.15, 0.2) is 40.9 Å². The van der Waals surface area contributed by atoms with Crippen LogP contribution in [0.2, 0.25) is 0 Å². The number of hydrogen-bond acceptors (Lipinski definition) is 5. The van der Waals surface area contributed by atoms with E-state index in [9.17, 15) is 8.42 Å². The van der Waals surface area contributed by atoms with E-state index in [0.717, 1.165) is 43.1 Å². The molecule has 7 heteroatoms. The number of fused-ring (bicyclic) bond motifs is 1. The number of nitrogens with zero attached hydrogens (tertiary/aromatic N) is 2. The zero-order valence-corrected chi connectivity index (χ0v) is 14.9. The predicted octanol–water partition coefficient (Wildman–Crippen LogP) is 2.08. The van der Waals surface area contributed by atoms with Gasteiger partial charge in [-0.3, -0.25) is 10.00 Å². The summed E-state index contributed by atoms with van der Waals surface area (Å²) in [5, 5.41) is 6.84. The second-order valence-electron chi connectivity index (χ2n) is 6.77. The van der Waals surface area contributed by atoms with E-state index in [2.05, 4.69) is 27.2 Å². The van der Waals surface area contributed by atoms with Crippen molar-refractivity contribution in [3.8, 4) is 5.75 Å². The first kappa shape index (κ1) is 16.4. The van der Waals surface area contributed by atoms with Crippen LogP contribution in [0.25, 0.3) is 6.08 Å². The highest BCUT2D eigenvalue weighted by atomic mass is 32.2. The van der Waals surface area contributed by atoms with Crippen molar-refractivity contribution in [2.75, 3.05) is 32.5 Å². The maximum absolute atomic E-state index is 11.9. The SMILES string of the molecule is CS(=O)(=O)c1cn[nH]c1[C@@H]1CCN(CC2=Cc3ccccc3OC2)C1. The number of likely N-dealkylation sites (tertiary alicyclic amines) is 1. The summed E-state index contributed by atoms with van der Waals surface area (Å²) in [4.78, 5) is 2.68. The van der Waals surface area contributed by atoms with Crippen LogP contribution in [-0.4, -0.2) is 56.0 Å². The smallest absolute Gasteiger partial charge is 0.178 e. The highest BCUT2D eigenvalue weighted by molar-refractivity contribution is 7.90. The molecule has 1 atom stereocenters. The molecular weight excluding hydrogens is 338 g/mol. The van der Waals surface area contributed by atoms with Gasteiger partial charge in [0.15, 0.2) is 9.84 Å². The highest BCUT2D eigenvalue weighted by Crippen LogP contribution is 2.31. The Hall–Kier alpha value is -2.12. The van der Waals surface area contributed by atoms with Crippen molar-refractivity contribution in [3.63, 3.8) is 0 Å². The van der Waals surface area contributed by atoms with Crippen LogP contribution in [-0.2, 0) is 9.84 Å². The van der Waals surface area contributed by atoms with Crippen molar-refractivity contribution in [1.29, 1.82) is 0 Å². The lowest BCUT2D eigenvalue weighted by Gasteiger charge is -2.22. The molecule has 4 rings (SSSR count). The molecule has 0 radical (unpaired) electrons. The molecule has 1 saturated heterocycles. The first-order valence-electron chi connectivity index (χ1n) is 8.37. The van der Waals surface area contributed by atoms with Crippen molar-refractivity contribution in [2.24, 2.45) is 0 Å². The Morgan fingerprint density at radius 1 is 1.36 bits per heavy atom. The molecule has 0 unspecified atom stereocenters. The maximum Gasteiger partial charge on any atom is 0.178 e. The standard InChI is InChI=1S/C18H21N3O3S/c1-25(22,23)17-9-19-20-18(17)15-6-7-21(11-15)10-13-8-14-4-2-3-5-16(14)24-12-13/h2-5,8-9,15H,6-7,10-12H2,1H3,(H,19,20)/t15-/m1/s1. The lowest BCUT2D eigenvalue weighted by Crippen LogP contribution is -2.26. The normalized spacial score (nSPS) is 20.8. The Kier molecular flexibility index (Phi) is 4.13. The summed E-state index contributed by atoms with van der Waals surface area (Å²) in [5.74, 6) is 1.10. The molecule has 25 heavy (non-hydrogen) atoms. The third kappa shape index (κ3) is 3.34. The van der Waals surface area contributed by atoms with E-state index in [-0.39, 0.29) is 5.92 Å². The summed E-state index contributed by atoms with van der Waals surface area (Å²) < 4.78 is 29.6. The number of benzene rings is 1. The number of ether oxygens (including phenoxy) is 1. The van der Waals surface area contributed by atoms with Crippen LogP contribution in [0.3, 0.4) is 0 Å². The summed E-state index contributed by atoms with van der Waals surface area (Å²) in [7, 11) is -3.25. The molecule has 0 amide bonds. The Morgan fingerprint density at radius 3 is 3.04 bits per heavy atom. The van der Waals surface area contributed by atoms with Crippen molar-refractivity contribution < 1.29 is 13.2 Å². The van der Waals surface area contributed by atoms with E-state index in [1.54, 1.807) is 0 Å². The quantitative estimate of drug-likeness (QED) is 0.905. The highest BCUT2D eigenvalue weighted by Gasteiger charge is 2.30. The summed E-state index contributed by atoms with van der Waals surface area (Å²) >= 11 is 0. The van der Waals surface area contributed by atoms with Gasteiger partial charge in [0.25, 0.3) is 0 Å². The molecule has 0 saturated carbocycles. The minimum absolute atomic E-state index is 0.171. The Balaban J connectivity index is 1.46. The first-order chi connectivity index (χ1) is 12.0. The van der Waals surface area contributed by atoms with Gasteiger partial charge in [0.05, 0.1) is 11.9 Å². The van der Waals surface area contributed by atoms with E-state index in [0.29, 0.717) is 11.5 Å². The van der Waals surface area contributed by atoms with E-state index in [4.69, 9.17) is 4.74 Å². The van der Waals surface area contributed by atoms with E-state index in [1.807, 2.05) is 18.2 Å². The van der Waals surface area contributed by atoms with Gasteiger partial charge in [-0.2, -0.15) is 5.10 Å². The van der Waals surface area contributed by atoms with Crippen LogP contribution in [0, 0.1) is 0 Å². The monoisotopic (exact) mass is 359 g/mol. The van der Waals surface area contributed by atoms with Crippen LogP contribution in [0.4, 0.5) is 0 Å². The van der Waals surface area contributed by atoms with E-state index >= 15 is 0 Å². The third-order valence-corrected chi connectivity index (χ3v) is 5.96. The third-order valence-electron chi connectivity index (χ3n) is 4.83. The molecule has 132 valence electrons. The molecule has 0 aliphatic carbocycles. The van der Waals surface area contributed by atoms with E-state index in [1.165, 1.54) is 18.0 Å². The molecule has 2 aromatic rings. The van der Waals surface area contributed by atoms with Gasteiger partial charge in [0, 0.05) is 30.8 Å².